The summed E-state index contributed by atoms with van der Waals surface area (Å²) >= 11 is 0. The maximum Gasteiger partial charge on any atom is 0.279 e. The maximum atomic E-state index is 11.9. The normalized spacial score (nSPS) is 17.7. The summed E-state index contributed by atoms with van der Waals surface area (Å²) in [4.78, 5) is 0. The fraction of sp³-hybridized carbons (Fsp3) is 0.727. The van der Waals surface area contributed by atoms with Crippen molar-refractivity contribution >= 4 is 10.2 Å². The predicted octanol–water partition coefficient (Wildman–Crippen LogP) is 1.23. The third-order valence-corrected chi connectivity index (χ3v) is 4.54. The maximum absolute atomic E-state index is 11.9. The summed E-state index contributed by atoms with van der Waals surface area (Å²) in [5, 5.41) is 3.85. The highest BCUT2D eigenvalue weighted by atomic mass is 32.2. The first-order chi connectivity index (χ1) is 8.49. The summed E-state index contributed by atoms with van der Waals surface area (Å²) < 4.78 is 32.9. The Labute approximate surface area is 108 Å². The van der Waals surface area contributed by atoms with Gasteiger partial charge in [0.25, 0.3) is 10.2 Å². The lowest BCUT2D eigenvalue weighted by Crippen LogP contribution is -2.38. The van der Waals surface area contributed by atoms with E-state index in [0.717, 1.165) is 18.6 Å². The highest BCUT2D eigenvalue weighted by Gasteiger charge is 2.25. The first-order valence-electron chi connectivity index (χ1n) is 6.19. The lowest BCUT2D eigenvalue weighted by atomic mass is 10.1. The molecule has 2 heterocycles. The molecule has 0 bridgehead atoms. The van der Waals surface area contributed by atoms with Crippen molar-refractivity contribution in [2.24, 2.45) is 0 Å². The van der Waals surface area contributed by atoms with Gasteiger partial charge in [-0.05, 0) is 12.8 Å². The standard InChI is InChI=1S/C11H19N3O3S/c1-9(2)11-7-10(13-17-11)8-12-18(15,16)14-5-3-4-6-14/h7,9,12H,3-6,8H2,1-2H3. The van der Waals surface area contributed by atoms with Gasteiger partial charge in [0.05, 0.1) is 12.2 Å². The van der Waals surface area contributed by atoms with Gasteiger partial charge >= 0.3 is 0 Å². The van der Waals surface area contributed by atoms with Gasteiger partial charge in [0.1, 0.15) is 5.76 Å². The number of hydrogen-bond donors (Lipinski definition) is 1. The van der Waals surface area contributed by atoms with Crippen molar-refractivity contribution in [3.8, 4) is 0 Å². The molecule has 6 nitrogen and oxygen atoms in total. The van der Waals surface area contributed by atoms with E-state index in [1.807, 2.05) is 13.8 Å². The Morgan fingerprint density at radius 1 is 1.44 bits per heavy atom. The molecular formula is C11H19N3O3S. The quantitative estimate of drug-likeness (QED) is 0.875. The zero-order valence-electron chi connectivity index (χ0n) is 10.7. The number of nitrogens with zero attached hydrogens (tertiary/aromatic N) is 2. The van der Waals surface area contributed by atoms with Crippen LogP contribution in [0.3, 0.4) is 0 Å². The average molecular weight is 273 g/mol. The number of hydrogen-bond acceptors (Lipinski definition) is 4. The van der Waals surface area contributed by atoms with Crippen LogP contribution in [0.1, 0.15) is 44.1 Å². The summed E-state index contributed by atoms with van der Waals surface area (Å²) in [5.41, 5.74) is 0.612. The molecular weight excluding hydrogens is 254 g/mol. The first kappa shape index (κ1) is 13.5. The Morgan fingerprint density at radius 3 is 2.67 bits per heavy atom. The van der Waals surface area contributed by atoms with E-state index in [1.54, 1.807) is 6.07 Å². The Hall–Kier alpha value is -0.920. The van der Waals surface area contributed by atoms with Gasteiger partial charge in [-0.3, -0.25) is 0 Å². The van der Waals surface area contributed by atoms with Crippen LogP contribution in [0.4, 0.5) is 0 Å². The molecule has 0 unspecified atom stereocenters. The van der Waals surface area contributed by atoms with E-state index in [0.29, 0.717) is 18.8 Å². The van der Waals surface area contributed by atoms with Crippen molar-refractivity contribution in [2.75, 3.05) is 13.1 Å². The molecule has 1 fully saturated rings. The van der Waals surface area contributed by atoms with Crippen LogP contribution in [0.25, 0.3) is 0 Å². The second kappa shape index (κ2) is 5.38. The Kier molecular flexibility index (Phi) is 4.04. The van der Waals surface area contributed by atoms with Crippen LogP contribution < -0.4 is 4.72 Å². The Bertz CT molecular complexity index is 489. The lowest BCUT2D eigenvalue weighted by molar-refractivity contribution is 0.365. The third kappa shape index (κ3) is 3.09. The fourth-order valence-electron chi connectivity index (χ4n) is 1.87. The van der Waals surface area contributed by atoms with E-state index in [4.69, 9.17) is 4.52 Å². The molecule has 0 amide bonds. The molecule has 18 heavy (non-hydrogen) atoms. The van der Waals surface area contributed by atoms with Gasteiger partial charge in [-0.1, -0.05) is 19.0 Å². The van der Waals surface area contributed by atoms with Crippen molar-refractivity contribution in [1.82, 2.24) is 14.2 Å². The molecule has 0 spiro atoms. The minimum atomic E-state index is -3.37. The molecule has 1 aromatic heterocycles. The fourth-order valence-corrected chi connectivity index (χ4v) is 3.12. The smallest absolute Gasteiger partial charge is 0.279 e. The second-order valence-electron chi connectivity index (χ2n) is 4.81. The van der Waals surface area contributed by atoms with Gasteiger partial charge < -0.3 is 4.52 Å². The second-order valence-corrected chi connectivity index (χ2v) is 6.56. The lowest BCUT2D eigenvalue weighted by Gasteiger charge is -2.15. The van der Waals surface area contributed by atoms with E-state index in [1.165, 1.54) is 4.31 Å². The van der Waals surface area contributed by atoms with Gasteiger partial charge in [-0.25, -0.2) is 0 Å². The number of rotatable bonds is 5. The van der Waals surface area contributed by atoms with E-state index in [2.05, 4.69) is 9.88 Å². The molecule has 7 heteroatoms. The summed E-state index contributed by atoms with van der Waals surface area (Å²) in [7, 11) is -3.37. The Balaban J connectivity index is 1.94. The minimum absolute atomic E-state index is 0.176. The van der Waals surface area contributed by atoms with Crippen molar-refractivity contribution in [3.05, 3.63) is 17.5 Å². The monoisotopic (exact) mass is 273 g/mol. The number of aromatic nitrogens is 1. The van der Waals surface area contributed by atoms with E-state index in [-0.39, 0.29) is 12.5 Å². The molecule has 1 N–H and O–H groups in total. The minimum Gasteiger partial charge on any atom is -0.361 e. The van der Waals surface area contributed by atoms with E-state index in [9.17, 15) is 8.42 Å². The molecule has 1 saturated heterocycles. The molecule has 0 aromatic carbocycles. The van der Waals surface area contributed by atoms with Gasteiger partial charge in [-0.15, -0.1) is 0 Å². The van der Waals surface area contributed by atoms with Crippen molar-refractivity contribution in [3.63, 3.8) is 0 Å². The van der Waals surface area contributed by atoms with Crippen molar-refractivity contribution in [2.45, 2.75) is 39.2 Å². The Morgan fingerprint density at radius 2 is 2.11 bits per heavy atom. The summed E-state index contributed by atoms with van der Waals surface area (Å²) in [5.74, 6) is 1.02. The molecule has 0 saturated carbocycles. The predicted molar refractivity (Wildman–Crippen MR) is 67.2 cm³/mol. The molecule has 0 aliphatic carbocycles. The molecule has 0 atom stereocenters. The van der Waals surface area contributed by atoms with Crippen molar-refractivity contribution < 1.29 is 12.9 Å². The van der Waals surface area contributed by atoms with Gasteiger partial charge in [0.2, 0.25) is 0 Å². The topological polar surface area (TPSA) is 75.4 Å². The van der Waals surface area contributed by atoms with Crippen molar-refractivity contribution in [1.29, 1.82) is 0 Å². The van der Waals surface area contributed by atoms with E-state index >= 15 is 0 Å². The van der Waals surface area contributed by atoms with Crippen LogP contribution in [0, 0.1) is 0 Å². The third-order valence-electron chi connectivity index (χ3n) is 2.99. The van der Waals surface area contributed by atoms with Crippen LogP contribution in [0.5, 0.6) is 0 Å². The highest BCUT2D eigenvalue weighted by Crippen LogP contribution is 2.16. The molecule has 1 aromatic rings. The van der Waals surface area contributed by atoms with Crippen LogP contribution in [-0.4, -0.2) is 31.0 Å². The molecule has 1 aliphatic rings. The molecule has 102 valence electrons. The molecule has 2 rings (SSSR count). The number of nitrogens with one attached hydrogen (secondary N) is 1. The zero-order chi connectivity index (χ0) is 13.2. The SMILES string of the molecule is CC(C)c1cc(CNS(=O)(=O)N2CCCC2)no1. The van der Waals surface area contributed by atoms with Gasteiger partial charge in [-0.2, -0.15) is 17.4 Å². The zero-order valence-corrected chi connectivity index (χ0v) is 11.5. The molecule has 0 radical (unpaired) electrons. The van der Waals surface area contributed by atoms with Gasteiger partial charge in [0, 0.05) is 25.1 Å². The largest absolute Gasteiger partial charge is 0.361 e. The van der Waals surface area contributed by atoms with E-state index < -0.39 is 10.2 Å². The first-order valence-corrected chi connectivity index (χ1v) is 7.63. The molecule has 1 aliphatic heterocycles. The average Bonchev–Trinajstić information content (AvgIpc) is 2.98. The van der Waals surface area contributed by atoms with Crippen LogP contribution in [0.2, 0.25) is 0 Å². The highest BCUT2D eigenvalue weighted by molar-refractivity contribution is 7.87. The van der Waals surface area contributed by atoms with Crippen LogP contribution in [0.15, 0.2) is 10.6 Å². The van der Waals surface area contributed by atoms with Gasteiger partial charge in [0.15, 0.2) is 0 Å². The summed E-state index contributed by atoms with van der Waals surface area (Å²) in [6.07, 6.45) is 1.87. The summed E-state index contributed by atoms with van der Waals surface area (Å²) in [6, 6.07) is 1.79. The van der Waals surface area contributed by atoms with Crippen LogP contribution in [-0.2, 0) is 16.8 Å². The van der Waals surface area contributed by atoms with Crippen LogP contribution >= 0.6 is 0 Å². The summed E-state index contributed by atoms with van der Waals surface area (Å²) in [6.45, 7) is 5.38.